The van der Waals surface area contributed by atoms with Gasteiger partial charge in [-0.25, -0.2) is 20.0 Å². The lowest BCUT2D eigenvalue weighted by atomic mass is 10.0. The average Bonchev–Trinajstić information content (AvgIpc) is 3.14. The largest absolute Gasteiger partial charge is 0.456 e. The minimum absolute atomic E-state index is 0.138. The fourth-order valence-corrected chi connectivity index (χ4v) is 6.50. The summed E-state index contributed by atoms with van der Waals surface area (Å²) in [7, 11) is 0. The van der Waals surface area contributed by atoms with Crippen LogP contribution in [0.5, 0.6) is 0 Å². The van der Waals surface area contributed by atoms with E-state index < -0.39 is 96.0 Å². The minimum atomic E-state index is -1.42. The molecule has 0 aromatic carbocycles. The Kier molecular flexibility index (Phi) is 16.7. The molecule has 2 aliphatic heterocycles. The summed E-state index contributed by atoms with van der Waals surface area (Å²) in [5.74, 6) is -4.96. The highest BCUT2D eigenvalue weighted by Gasteiger charge is 2.48. The van der Waals surface area contributed by atoms with Crippen LogP contribution in [0.1, 0.15) is 41.5 Å². The highest BCUT2D eigenvalue weighted by molar-refractivity contribution is 7.98. The molecule has 2 saturated heterocycles. The summed E-state index contributed by atoms with van der Waals surface area (Å²) in [6.07, 6.45) is -5.11. The third-order valence-corrected chi connectivity index (χ3v) is 9.03. The summed E-state index contributed by atoms with van der Waals surface area (Å²) >= 11 is 2.15. The molecule has 60 heavy (non-hydrogen) atoms. The average molecular weight is 883 g/mol. The molecular weight excluding hydrogens is 841 g/mol. The van der Waals surface area contributed by atoms with E-state index in [1.165, 1.54) is 0 Å². The van der Waals surface area contributed by atoms with Crippen LogP contribution in [0.3, 0.4) is 0 Å². The van der Waals surface area contributed by atoms with Gasteiger partial charge in [0.15, 0.2) is 82.4 Å². The normalized spacial score (nSPS) is 23.9. The predicted molar refractivity (Wildman–Crippen MR) is 210 cm³/mol. The van der Waals surface area contributed by atoms with Gasteiger partial charge in [-0.2, -0.15) is 0 Å². The van der Waals surface area contributed by atoms with E-state index in [2.05, 4.69) is 40.6 Å². The van der Waals surface area contributed by atoms with Gasteiger partial charge in [0.1, 0.15) is 0 Å². The van der Waals surface area contributed by atoms with Gasteiger partial charge >= 0.3 is 35.8 Å². The van der Waals surface area contributed by atoms with Gasteiger partial charge in [0.05, 0.1) is 13.2 Å². The first-order chi connectivity index (χ1) is 28.4. The second-order valence-corrected chi connectivity index (χ2v) is 14.1. The fourth-order valence-electron chi connectivity index (χ4n) is 5.74. The van der Waals surface area contributed by atoms with Crippen molar-refractivity contribution in [2.75, 3.05) is 36.4 Å². The van der Waals surface area contributed by atoms with E-state index in [0.717, 1.165) is 77.5 Å². The molecule has 0 bridgehead atoms. The molecule has 2 aromatic rings. The van der Waals surface area contributed by atoms with Gasteiger partial charge in [-0.15, -0.1) is 0 Å². The van der Waals surface area contributed by atoms with Crippen LogP contribution in [0.25, 0.3) is 0 Å². The molecule has 0 saturated carbocycles. The molecular formula is C34H42N8O16S2. The molecule has 2 aromatic heterocycles. The van der Waals surface area contributed by atoms with Crippen LogP contribution in [-0.4, -0.2) is 143 Å². The Bertz CT molecular complexity index is 1980. The molecule has 4 rings (SSSR count). The SMILES string of the molecule is CSc1nc(N[C@@H]2OC[C@H](OC(C)=O)[C@H](OC(C)=O)[C@@H]2OC(C)=O)c(N=CC=Nc2c(N[C@@H]3OC[C@H](OC(C)=O)[C@@H](OC(C)=O)[C@@H]3OC(C)=O)nc(SC)[nH]c2=O)c(=O)[nH]1. The van der Waals surface area contributed by atoms with E-state index in [1.54, 1.807) is 12.5 Å². The number of rotatable bonds is 15. The van der Waals surface area contributed by atoms with Gasteiger partial charge in [0, 0.05) is 54.0 Å². The second kappa shape index (κ2) is 21.4. The van der Waals surface area contributed by atoms with Gasteiger partial charge in [0.2, 0.25) is 0 Å². The molecule has 2 fully saturated rings. The third kappa shape index (κ3) is 12.8. The van der Waals surface area contributed by atoms with Crippen molar-refractivity contribution in [1.82, 2.24) is 19.9 Å². The number of nitrogens with zero attached hydrogens (tertiary/aromatic N) is 4. The molecule has 26 heteroatoms. The molecule has 4 heterocycles. The van der Waals surface area contributed by atoms with Crippen LogP contribution in [0.4, 0.5) is 23.0 Å². The smallest absolute Gasteiger partial charge is 0.303 e. The van der Waals surface area contributed by atoms with Crippen LogP contribution >= 0.6 is 23.5 Å². The summed E-state index contributed by atoms with van der Waals surface area (Å²) in [6, 6.07) is 0. The maximum Gasteiger partial charge on any atom is 0.303 e. The lowest BCUT2D eigenvalue weighted by Gasteiger charge is -2.40. The van der Waals surface area contributed by atoms with Crippen molar-refractivity contribution in [3.05, 3.63) is 20.7 Å². The number of ether oxygens (including phenoxy) is 8. The Morgan fingerprint density at radius 1 is 0.583 bits per heavy atom. The summed E-state index contributed by atoms with van der Waals surface area (Å²) in [5.41, 5.74) is -2.17. The van der Waals surface area contributed by atoms with Crippen LogP contribution in [-0.2, 0) is 66.7 Å². The molecule has 24 nitrogen and oxygen atoms in total. The first kappa shape index (κ1) is 46.8. The summed E-state index contributed by atoms with van der Waals surface area (Å²) in [5, 5.41) is 5.99. The number of aromatic nitrogens is 4. The monoisotopic (exact) mass is 882 g/mol. The van der Waals surface area contributed by atoms with Crippen LogP contribution in [0, 0.1) is 0 Å². The number of hydrogen-bond donors (Lipinski definition) is 4. The highest BCUT2D eigenvalue weighted by Crippen LogP contribution is 2.30. The van der Waals surface area contributed by atoms with E-state index in [9.17, 15) is 38.4 Å². The van der Waals surface area contributed by atoms with E-state index in [-0.39, 0.29) is 46.5 Å². The van der Waals surface area contributed by atoms with E-state index in [0.29, 0.717) is 0 Å². The van der Waals surface area contributed by atoms with Gasteiger partial charge in [-0.3, -0.25) is 48.3 Å². The zero-order chi connectivity index (χ0) is 44.3. The minimum Gasteiger partial charge on any atom is -0.456 e. The molecule has 0 amide bonds. The Balaban J connectivity index is 1.69. The molecule has 0 spiro atoms. The fraction of sp³-hybridized carbons (Fsp3) is 0.529. The van der Waals surface area contributed by atoms with Crippen LogP contribution < -0.4 is 21.8 Å². The molecule has 326 valence electrons. The van der Waals surface area contributed by atoms with E-state index >= 15 is 0 Å². The maximum atomic E-state index is 13.3. The lowest BCUT2D eigenvalue weighted by molar-refractivity contribution is -0.221. The maximum absolute atomic E-state index is 13.3. The van der Waals surface area contributed by atoms with Crippen molar-refractivity contribution in [3.8, 4) is 0 Å². The van der Waals surface area contributed by atoms with E-state index in [1.807, 2.05) is 0 Å². The van der Waals surface area contributed by atoms with Gasteiger partial charge in [-0.1, -0.05) is 23.5 Å². The first-order valence-electron chi connectivity index (χ1n) is 17.6. The summed E-state index contributed by atoms with van der Waals surface area (Å²) in [4.78, 5) is 121. The van der Waals surface area contributed by atoms with Crippen molar-refractivity contribution in [3.63, 3.8) is 0 Å². The number of aliphatic imine (C=N–C) groups is 2. The molecule has 2 aliphatic rings. The standard InChI is InChI=1S/C34H42N8O16S2/c1-13(43)53-19-11-51-31(25(57-17(5)47)23(19)55-15(3)45)37-27-21(29(49)41-33(39-27)59-7)35-9-10-36-22-28(40-34(60-8)42-30(22)50)38-32-26(58-18(6)48)24(56-16(4)46)20(12-52-32)54-14(2)44/h9-10,19-20,23-26,31-32H,11-12H2,1-8H3,(H2,37,39,41,49)(H2,38,40,42,50)/t19-,20-,23-,24+,25-,26-,31+,32+/m0/s1. The number of carbonyl (C=O) groups is 6. The Morgan fingerprint density at radius 2 is 0.900 bits per heavy atom. The molecule has 4 N–H and O–H groups in total. The van der Waals surface area contributed by atoms with Crippen LogP contribution in [0.2, 0.25) is 0 Å². The zero-order valence-corrected chi connectivity index (χ0v) is 35.0. The quantitative estimate of drug-likeness (QED) is 0.0623. The number of nitrogens with one attached hydrogen (secondary N) is 4. The van der Waals surface area contributed by atoms with E-state index in [4.69, 9.17) is 37.9 Å². The number of H-pyrrole nitrogens is 2. The summed E-state index contributed by atoms with van der Waals surface area (Å²) in [6.45, 7) is 6.03. The zero-order valence-electron chi connectivity index (χ0n) is 33.3. The number of anilines is 2. The first-order valence-corrected chi connectivity index (χ1v) is 20.1. The van der Waals surface area contributed by atoms with Crippen molar-refractivity contribution < 1.29 is 66.7 Å². The van der Waals surface area contributed by atoms with Crippen LogP contribution in [0.15, 0.2) is 29.9 Å². The lowest BCUT2D eigenvalue weighted by Crippen LogP contribution is -2.59. The van der Waals surface area contributed by atoms with Gasteiger partial charge < -0.3 is 48.5 Å². The molecule has 0 radical (unpaired) electrons. The Morgan fingerprint density at radius 3 is 1.20 bits per heavy atom. The second-order valence-electron chi connectivity index (χ2n) is 12.5. The number of hydrogen-bond acceptors (Lipinski definition) is 24. The van der Waals surface area contributed by atoms with Crippen molar-refractivity contribution in [1.29, 1.82) is 0 Å². The predicted octanol–water partition coefficient (Wildman–Crippen LogP) is 0.528. The number of carbonyl (C=O) groups excluding carboxylic acids is 6. The summed E-state index contributed by atoms with van der Waals surface area (Å²) < 4.78 is 43.8. The third-order valence-electron chi connectivity index (χ3n) is 7.87. The molecule has 0 aliphatic carbocycles. The number of thioether (sulfide) groups is 2. The van der Waals surface area contributed by atoms with Crippen molar-refractivity contribution in [2.45, 2.75) is 101 Å². The topological polar surface area (TPSA) is 317 Å². The highest BCUT2D eigenvalue weighted by atomic mass is 32.2. The van der Waals surface area contributed by atoms with Gasteiger partial charge in [0.25, 0.3) is 11.1 Å². The number of esters is 6. The molecule has 0 unspecified atom stereocenters. The van der Waals surface area contributed by atoms with Crippen molar-refractivity contribution in [2.24, 2.45) is 9.98 Å². The number of aromatic amines is 2. The Labute approximate surface area is 348 Å². The molecule has 8 atom stereocenters. The van der Waals surface area contributed by atoms with Crippen molar-refractivity contribution >= 4 is 94.8 Å². The Hall–Kier alpha value is -5.86. The van der Waals surface area contributed by atoms with Gasteiger partial charge in [-0.05, 0) is 12.5 Å².